The molecule has 1 atom stereocenters. The molecule has 41 heavy (non-hydrogen) atoms. The van der Waals surface area contributed by atoms with E-state index in [4.69, 9.17) is 5.10 Å². The van der Waals surface area contributed by atoms with Gasteiger partial charge in [-0.3, -0.25) is 14.5 Å². The molecule has 2 aliphatic rings. The molecular formula is C32H30F2N4O2S. The number of halogens is 2. The van der Waals surface area contributed by atoms with E-state index in [0.29, 0.717) is 30.2 Å². The second-order valence-electron chi connectivity index (χ2n) is 10.5. The number of amides is 2. The molecule has 0 bridgehead atoms. The molecule has 0 aliphatic carbocycles. The summed E-state index contributed by atoms with van der Waals surface area (Å²) in [5, 5.41) is 4.41. The van der Waals surface area contributed by atoms with Crippen molar-refractivity contribution in [2.45, 2.75) is 31.9 Å². The molecule has 0 radical (unpaired) electrons. The van der Waals surface area contributed by atoms with Crippen molar-refractivity contribution in [2.24, 2.45) is 0 Å². The van der Waals surface area contributed by atoms with Crippen LogP contribution < -0.4 is 4.90 Å². The number of benzene rings is 3. The highest BCUT2D eigenvalue weighted by Gasteiger charge is 2.39. The molecule has 0 N–H and O–H groups in total. The molecule has 2 aliphatic heterocycles. The Morgan fingerprint density at radius 2 is 1.76 bits per heavy atom. The molecule has 4 aromatic rings. The predicted molar refractivity (Wildman–Crippen MR) is 157 cm³/mol. The van der Waals surface area contributed by atoms with Crippen molar-refractivity contribution in [2.75, 3.05) is 30.3 Å². The molecular weight excluding hydrogens is 542 g/mol. The lowest BCUT2D eigenvalue weighted by atomic mass is 9.99. The largest absolute Gasteiger partial charge is 0.341 e. The summed E-state index contributed by atoms with van der Waals surface area (Å²) in [6.07, 6.45) is 1.87. The molecule has 1 unspecified atom stereocenters. The van der Waals surface area contributed by atoms with Crippen molar-refractivity contribution >= 4 is 29.4 Å². The lowest BCUT2D eigenvalue weighted by Crippen LogP contribution is -2.43. The molecule has 3 heterocycles. The second-order valence-corrected chi connectivity index (χ2v) is 11.6. The highest BCUT2D eigenvalue weighted by atomic mass is 32.2. The minimum Gasteiger partial charge on any atom is -0.341 e. The zero-order valence-corrected chi connectivity index (χ0v) is 23.8. The summed E-state index contributed by atoms with van der Waals surface area (Å²) in [5.74, 6) is -1.30. The van der Waals surface area contributed by atoms with Crippen LogP contribution in [-0.4, -0.2) is 51.9 Å². The van der Waals surface area contributed by atoms with Crippen LogP contribution in [0.1, 0.15) is 40.3 Å². The number of fused-ring (bicyclic) bond motifs is 1. The molecule has 6 nitrogen and oxygen atoms in total. The van der Waals surface area contributed by atoms with Crippen LogP contribution in [0.25, 0.3) is 16.9 Å². The van der Waals surface area contributed by atoms with Gasteiger partial charge in [-0.2, -0.15) is 5.10 Å². The number of nitrogens with zero attached hydrogens (tertiary/aromatic N) is 4. The Bertz CT molecular complexity index is 1630. The topological polar surface area (TPSA) is 58.4 Å². The van der Waals surface area contributed by atoms with Gasteiger partial charge in [0.1, 0.15) is 24.0 Å². The van der Waals surface area contributed by atoms with E-state index in [2.05, 4.69) is 0 Å². The van der Waals surface area contributed by atoms with Crippen LogP contribution >= 0.6 is 11.8 Å². The first-order chi connectivity index (χ1) is 19.8. The number of hydrogen-bond acceptors (Lipinski definition) is 4. The van der Waals surface area contributed by atoms with E-state index >= 15 is 4.39 Å². The van der Waals surface area contributed by atoms with Crippen molar-refractivity contribution in [3.63, 3.8) is 0 Å². The summed E-state index contributed by atoms with van der Waals surface area (Å²) in [6, 6.07) is 18.9. The fourth-order valence-electron chi connectivity index (χ4n) is 5.62. The number of carbonyl (C=O) groups is 2. The lowest BCUT2D eigenvalue weighted by Gasteiger charge is -2.26. The van der Waals surface area contributed by atoms with Gasteiger partial charge in [0.25, 0.3) is 0 Å². The summed E-state index contributed by atoms with van der Waals surface area (Å²) >= 11 is 1.26. The zero-order chi connectivity index (χ0) is 28.7. The van der Waals surface area contributed by atoms with Gasteiger partial charge < -0.3 is 4.90 Å². The summed E-state index contributed by atoms with van der Waals surface area (Å²) in [4.78, 5) is 30.6. The van der Waals surface area contributed by atoms with Gasteiger partial charge in [-0.15, -0.1) is 11.8 Å². The quantitative estimate of drug-likeness (QED) is 0.285. The van der Waals surface area contributed by atoms with Crippen LogP contribution in [0.15, 0.2) is 66.7 Å². The molecule has 1 aromatic heterocycles. The van der Waals surface area contributed by atoms with Gasteiger partial charge in [-0.25, -0.2) is 13.5 Å². The third kappa shape index (κ3) is 5.03. The molecule has 2 amide bonds. The molecule has 210 valence electrons. The maximum atomic E-state index is 15.4. The van der Waals surface area contributed by atoms with Crippen molar-refractivity contribution < 1.29 is 18.4 Å². The van der Waals surface area contributed by atoms with Crippen molar-refractivity contribution in [3.8, 4) is 16.9 Å². The Balaban J connectivity index is 1.64. The van der Waals surface area contributed by atoms with E-state index in [-0.39, 0.29) is 29.7 Å². The SMILES string of the molecule is Cc1cccc(-n2nc(-c3ccccc3)c3c2N(CC(=O)N2CCCC2)C(=O)CSC3c2ccc(F)cc2F)c1C. The van der Waals surface area contributed by atoms with E-state index < -0.39 is 16.9 Å². The molecule has 6 rings (SSSR count). The van der Waals surface area contributed by atoms with Crippen LogP contribution in [0.3, 0.4) is 0 Å². The van der Waals surface area contributed by atoms with Gasteiger partial charge in [0, 0.05) is 35.8 Å². The van der Waals surface area contributed by atoms with Gasteiger partial charge >= 0.3 is 0 Å². The number of likely N-dealkylation sites (tertiary alicyclic amines) is 1. The molecule has 1 fully saturated rings. The number of carbonyl (C=O) groups excluding carboxylic acids is 2. The summed E-state index contributed by atoms with van der Waals surface area (Å²) < 4.78 is 31.1. The Morgan fingerprint density at radius 1 is 1.00 bits per heavy atom. The number of anilines is 1. The number of hydrogen-bond donors (Lipinski definition) is 0. The van der Waals surface area contributed by atoms with Crippen molar-refractivity contribution in [1.29, 1.82) is 0 Å². The fourth-order valence-corrected chi connectivity index (χ4v) is 6.84. The van der Waals surface area contributed by atoms with Gasteiger partial charge in [0.15, 0.2) is 0 Å². The number of rotatable bonds is 5. The van der Waals surface area contributed by atoms with E-state index in [0.717, 1.165) is 41.3 Å². The third-order valence-corrected chi connectivity index (χ3v) is 9.17. The van der Waals surface area contributed by atoms with Crippen LogP contribution in [-0.2, 0) is 9.59 Å². The zero-order valence-electron chi connectivity index (χ0n) is 22.9. The van der Waals surface area contributed by atoms with Crippen LogP contribution in [0.2, 0.25) is 0 Å². The van der Waals surface area contributed by atoms with Crippen molar-refractivity contribution in [1.82, 2.24) is 14.7 Å². The summed E-state index contributed by atoms with van der Waals surface area (Å²) in [7, 11) is 0. The Hall–Kier alpha value is -3.98. The van der Waals surface area contributed by atoms with E-state index in [9.17, 15) is 14.0 Å². The van der Waals surface area contributed by atoms with Gasteiger partial charge in [-0.05, 0) is 49.9 Å². The Labute approximate surface area is 242 Å². The number of aromatic nitrogens is 2. The van der Waals surface area contributed by atoms with Crippen molar-refractivity contribution in [3.05, 3.63) is 101 Å². The fraction of sp³-hybridized carbons (Fsp3) is 0.281. The minimum absolute atomic E-state index is 0.0183. The van der Waals surface area contributed by atoms with Gasteiger partial charge in [-0.1, -0.05) is 48.5 Å². The predicted octanol–water partition coefficient (Wildman–Crippen LogP) is 6.23. The normalized spacial score (nSPS) is 17.1. The molecule has 9 heteroatoms. The lowest BCUT2D eigenvalue weighted by molar-refractivity contribution is -0.130. The smallest absolute Gasteiger partial charge is 0.242 e. The first-order valence-electron chi connectivity index (χ1n) is 13.7. The van der Waals surface area contributed by atoms with Crippen LogP contribution in [0, 0.1) is 25.5 Å². The van der Waals surface area contributed by atoms with Crippen LogP contribution in [0.4, 0.5) is 14.6 Å². The molecule has 0 spiro atoms. The number of thioether (sulfide) groups is 1. The maximum Gasteiger partial charge on any atom is 0.242 e. The molecule has 1 saturated heterocycles. The van der Waals surface area contributed by atoms with Crippen LogP contribution in [0.5, 0.6) is 0 Å². The monoisotopic (exact) mass is 572 g/mol. The van der Waals surface area contributed by atoms with E-state index in [1.165, 1.54) is 28.8 Å². The highest BCUT2D eigenvalue weighted by molar-refractivity contribution is 8.00. The standard InChI is InChI=1S/C32H30F2N4O2S/c1-20-9-8-12-26(21(20)2)38-32-29(30(35-38)22-10-4-3-5-11-22)31(24-14-13-23(33)17-25(24)34)41-19-28(40)37(32)18-27(39)36-15-6-7-16-36/h3-5,8-14,17,31H,6-7,15-16,18-19H2,1-2H3. The van der Waals surface area contributed by atoms with Gasteiger partial charge in [0.2, 0.25) is 11.8 Å². The summed E-state index contributed by atoms with van der Waals surface area (Å²) in [6.45, 7) is 5.18. The van der Waals surface area contributed by atoms with E-state index in [1.807, 2.05) is 62.4 Å². The molecule has 3 aromatic carbocycles. The van der Waals surface area contributed by atoms with E-state index in [1.54, 1.807) is 9.58 Å². The number of aryl methyl sites for hydroxylation is 1. The first kappa shape index (κ1) is 27.2. The highest BCUT2D eigenvalue weighted by Crippen LogP contribution is 2.49. The third-order valence-electron chi connectivity index (χ3n) is 7.94. The average Bonchev–Trinajstić information content (AvgIpc) is 3.61. The first-order valence-corrected chi connectivity index (χ1v) is 14.8. The summed E-state index contributed by atoms with van der Waals surface area (Å²) in [5.41, 5.74) is 5.03. The molecule has 0 saturated carbocycles. The minimum atomic E-state index is -0.694. The second kappa shape index (κ2) is 11.1. The Kier molecular flexibility index (Phi) is 7.38. The maximum absolute atomic E-state index is 15.4. The average molecular weight is 573 g/mol. The van der Waals surface area contributed by atoms with Gasteiger partial charge in [0.05, 0.1) is 22.4 Å². The Morgan fingerprint density at radius 3 is 2.49 bits per heavy atom.